The van der Waals surface area contributed by atoms with Crippen LogP contribution >= 0.6 is 0 Å². The SMILES string of the molecule is C=CC(C)C/C=C(\C)NCCCC. The third kappa shape index (κ3) is 7.63. The zero-order valence-corrected chi connectivity index (χ0v) is 9.27. The predicted molar refractivity (Wildman–Crippen MR) is 60.6 cm³/mol. The van der Waals surface area contributed by atoms with Crippen LogP contribution in [-0.2, 0) is 0 Å². The van der Waals surface area contributed by atoms with Crippen LogP contribution in [0.1, 0.15) is 40.0 Å². The van der Waals surface area contributed by atoms with Gasteiger partial charge in [0.25, 0.3) is 0 Å². The summed E-state index contributed by atoms with van der Waals surface area (Å²) in [5, 5.41) is 3.39. The molecule has 0 saturated heterocycles. The molecule has 0 heterocycles. The van der Waals surface area contributed by atoms with Gasteiger partial charge in [-0.15, -0.1) is 6.58 Å². The zero-order valence-electron chi connectivity index (χ0n) is 9.27. The van der Waals surface area contributed by atoms with E-state index in [0.29, 0.717) is 5.92 Å². The van der Waals surface area contributed by atoms with E-state index in [1.165, 1.54) is 18.5 Å². The zero-order chi connectivity index (χ0) is 10.1. The highest BCUT2D eigenvalue weighted by Gasteiger charge is 1.93. The summed E-state index contributed by atoms with van der Waals surface area (Å²) >= 11 is 0. The maximum Gasteiger partial charge on any atom is 0.0143 e. The van der Waals surface area contributed by atoms with Crippen LogP contribution in [0.4, 0.5) is 0 Å². The van der Waals surface area contributed by atoms with E-state index in [4.69, 9.17) is 0 Å². The minimum atomic E-state index is 0.586. The molecule has 0 aromatic heterocycles. The van der Waals surface area contributed by atoms with Gasteiger partial charge in [-0.25, -0.2) is 0 Å². The van der Waals surface area contributed by atoms with E-state index in [1.807, 2.05) is 6.08 Å². The lowest BCUT2D eigenvalue weighted by atomic mass is 10.1. The Balaban J connectivity index is 3.56. The first-order valence-electron chi connectivity index (χ1n) is 5.23. The molecule has 76 valence electrons. The molecule has 0 aromatic rings. The molecule has 1 heteroatoms. The van der Waals surface area contributed by atoms with Crippen molar-refractivity contribution in [2.24, 2.45) is 5.92 Å². The molecule has 0 aliphatic carbocycles. The van der Waals surface area contributed by atoms with Gasteiger partial charge < -0.3 is 5.32 Å². The Hall–Kier alpha value is -0.720. The van der Waals surface area contributed by atoms with Crippen molar-refractivity contribution in [1.29, 1.82) is 0 Å². The first-order valence-corrected chi connectivity index (χ1v) is 5.23. The van der Waals surface area contributed by atoms with Crippen molar-refractivity contribution in [3.8, 4) is 0 Å². The average Bonchev–Trinajstić information content (AvgIpc) is 2.14. The summed E-state index contributed by atoms with van der Waals surface area (Å²) in [5.41, 5.74) is 1.29. The predicted octanol–water partition coefficient (Wildman–Crippen LogP) is 3.49. The van der Waals surface area contributed by atoms with Gasteiger partial charge in [0, 0.05) is 12.2 Å². The van der Waals surface area contributed by atoms with Crippen molar-refractivity contribution in [2.75, 3.05) is 6.54 Å². The number of nitrogens with one attached hydrogen (secondary N) is 1. The third-order valence-corrected chi connectivity index (χ3v) is 2.13. The van der Waals surface area contributed by atoms with E-state index in [9.17, 15) is 0 Å². The Bertz CT molecular complexity index is 159. The molecule has 0 radical (unpaired) electrons. The smallest absolute Gasteiger partial charge is 0.0143 e. The summed E-state index contributed by atoms with van der Waals surface area (Å²) in [6, 6.07) is 0. The molecule has 0 spiro atoms. The minimum Gasteiger partial charge on any atom is -0.389 e. The summed E-state index contributed by atoms with van der Waals surface area (Å²) in [5.74, 6) is 0.586. The van der Waals surface area contributed by atoms with E-state index < -0.39 is 0 Å². The lowest BCUT2D eigenvalue weighted by Gasteiger charge is -2.06. The van der Waals surface area contributed by atoms with Gasteiger partial charge in [-0.1, -0.05) is 32.4 Å². The van der Waals surface area contributed by atoms with Gasteiger partial charge in [0.2, 0.25) is 0 Å². The average molecular weight is 181 g/mol. The number of hydrogen-bond donors (Lipinski definition) is 1. The summed E-state index contributed by atoms with van der Waals surface area (Å²) < 4.78 is 0. The number of allylic oxidation sites excluding steroid dienone is 3. The molecule has 1 unspecified atom stereocenters. The fourth-order valence-electron chi connectivity index (χ4n) is 0.993. The van der Waals surface area contributed by atoms with E-state index in [0.717, 1.165) is 13.0 Å². The maximum atomic E-state index is 3.76. The highest BCUT2D eigenvalue weighted by Crippen LogP contribution is 2.04. The van der Waals surface area contributed by atoms with Crippen LogP contribution in [0.2, 0.25) is 0 Å². The minimum absolute atomic E-state index is 0.586. The van der Waals surface area contributed by atoms with Crippen molar-refractivity contribution in [3.05, 3.63) is 24.4 Å². The highest BCUT2D eigenvalue weighted by atomic mass is 14.9. The fourth-order valence-corrected chi connectivity index (χ4v) is 0.993. The van der Waals surface area contributed by atoms with Gasteiger partial charge in [0.15, 0.2) is 0 Å². The second kappa shape index (κ2) is 7.90. The monoisotopic (exact) mass is 181 g/mol. The molecular formula is C12H23N. The van der Waals surface area contributed by atoms with Gasteiger partial charge >= 0.3 is 0 Å². The normalized spacial score (nSPS) is 13.9. The van der Waals surface area contributed by atoms with Gasteiger partial charge in [-0.2, -0.15) is 0 Å². The molecule has 0 aliphatic rings. The van der Waals surface area contributed by atoms with Crippen molar-refractivity contribution >= 4 is 0 Å². The Morgan fingerprint density at radius 1 is 1.54 bits per heavy atom. The van der Waals surface area contributed by atoms with Crippen molar-refractivity contribution in [3.63, 3.8) is 0 Å². The molecule has 0 aromatic carbocycles. The number of unbranched alkanes of at least 4 members (excludes halogenated alkanes) is 1. The topological polar surface area (TPSA) is 12.0 Å². The molecular weight excluding hydrogens is 158 g/mol. The Morgan fingerprint density at radius 3 is 2.77 bits per heavy atom. The standard InChI is InChI=1S/C12H23N/c1-5-7-10-13-12(4)9-8-11(3)6-2/h6,9,11,13H,2,5,7-8,10H2,1,3-4H3/b12-9+. The van der Waals surface area contributed by atoms with Crippen LogP contribution in [0.25, 0.3) is 0 Å². The van der Waals surface area contributed by atoms with Crippen LogP contribution in [0, 0.1) is 5.92 Å². The summed E-state index contributed by atoms with van der Waals surface area (Å²) in [7, 11) is 0. The second-order valence-electron chi connectivity index (χ2n) is 3.62. The number of hydrogen-bond acceptors (Lipinski definition) is 1. The molecule has 0 amide bonds. The Labute approximate surface area is 82.9 Å². The quantitative estimate of drug-likeness (QED) is 0.468. The fraction of sp³-hybridized carbons (Fsp3) is 0.667. The Kier molecular flexibility index (Phi) is 7.47. The van der Waals surface area contributed by atoms with Gasteiger partial charge in [0.1, 0.15) is 0 Å². The largest absolute Gasteiger partial charge is 0.389 e. The van der Waals surface area contributed by atoms with E-state index in [2.05, 4.69) is 38.7 Å². The molecule has 1 nitrogen and oxygen atoms in total. The first-order chi connectivity index (χ1) is 6.20. The van der Waals surface area contributed by atoms with Crippen molar-refractivity contribution in [2.45, 2.75) is 40.0 Å². The van der Waals surface area contributed by atoms with Crippen LogP contribution < -0.4 is 5.32 Å². The lowest BCUT2D eigenvalue weighted by molar-refractivity contribution is 0.693. The van der Waals surface area contributed by atoms with E-state index in [1.54, 1.807) is 0 Å². The molecule has 0 saturated carbocycles. The van der Waals surface area contributed by atoms with Gasteiger partial charge in [-0.3, -0.25) is 0 Å². The molecule has 1 atom stereocenters. The summed E-state index contributed by atoms with van der Waals surface area (Å²) in [6.45, 7) is 11.4. The highest BCUT2D eigenvalue weighted by molar-refractivity contribution is 4.97. The molecule has 0 aliphatic heterocycles. The van der Waals surface area contributed by atoms with E-state index in [-0.39, 0.29) is 0 Å². The number of rotatable bonds is 7. The molecule has 13 heavy (non-hydrogen) atoms. The lowest BCUT2D eigenvalue weighted by Crippen LogP contribution is -2.12. The van der Waals surface area contributed by atoms with Gasteiger partial charge in [0.05, 0.1) is 0 Å². The van der Waals surface area contributed by atoms with Crippen molar-refractivity contribution < 1.29 is 0 Å². The Morgan fingerprint density at radius 2 is 2.23 bits per heavy atom. The van der Waals surface area contributed by atoms with Crippen LogP contribution in [0.5, 0.6) is 0 Å². The van der Waals surface area contributed by atoms with Gasteiger partial charge in [-0.05, 0) is 25.7 Å². The first kappa shape index (κ1) is 12.3. The maximum absolute atomic E-state index is 3.76. The summed E-state index contributed by atoms with van der Waals surface area (Å²) in [4.78, 5) is 0. The van der Waals surface area contributed by atoms with Crippen LogP contribution in [-0.4, -0.2) is 6.54 Å². The molecule has 0 fully saturated rings. The summed E-state index contributed by atoms with van der Waals surface area (Å²) in [6.07, 6.45) is 7.85. The van der Waals surface area contributed by atoms with Crippen molar-refractivity contribution in [1.82, 2.24) is 5.32 Å². The third-order valence-electron chi connectivity index (χ3n) is 2.13. The van der Waals surface area contributed by atoms with Crippen LogP contribution in [0.15, 0.2) is 24.4 Å². The molecule has 0 rings (SSSR count). The molecule has 0 bridgehead atoms. The second-order valence-corrected chi connectivity index (χ2v) is 3.62. The molecule has 1 N–H and O–H groups in total. The van der Waals surface area contributed by atoms with Crippen LogP contribution in [0.3, 0.4) is 0 Å². The van der Waals surface area contributed by atoms with E-state index >= 15 is 0 Å².